The minimum absolute atomic E-state index is 0.0521. The number of nitrogens with one attached hydrogen (secondary N) is 1. The van der Waals surface area contributed by atoms with Gasteiger partial charge in [0.1, 0.15) is 5.75 Å². The second-order valence-electron chi connectivity index (χ2n) is 6.55. The molecular weight excluding hydrogens is 424 g/mol. The van der Waals surface area contributed by atoms with E-state index < -0.39 is 10.1 Å². The van der Waals surface area contributed by atoms with E-state index in [1.165, 1.54) is 18.1 Å². The molecule has 0 bridgehead atoms. The van der Waals surface area contributed by atoms with Crippen molar-refractivity contribution < 1.29 is 31.6 Å². The first-order chi connectivity index (χ1) is 14.8. The third-order valence-corrected chi connectivity index (χ3v) is 4.61. The van der Waals surface area contributed by atoms with E-state index in [1.807, 2.05) is 13.0 Å². The van der Waals surface area contributed by atoms with E-state index in [2.05, 4.69) is 5.32 Å². The van der Waals surface area contributed by atoms with Gasteiger partial charge in [-0.2, -0.15) is 8.42 Å². The van der Waals surface area contributed by atoms with Crippen molar-refractivity contribution >= 4 is 21.8 Å². The van der Waals surface area contributed by atoms with Crippen LogP contribution < -0.4 is 19.0 Å². The number of para-hydroxylation sites is 2. The Kier molecular flexibility index (Phi) is 8.95. The van der Waals surface area contributed by atoms with Gasteiger partial charge in [0.2, 0.25) is 0 Å². The fourth-order valence-corrected chi connectivity index (χ4v) is 3.22. The summed E-state index contributed by atoms with van der Waals surface area (Å²) in [4.78, 5) is 14.5. The van der Waals surface area contributed by atoms with Gasteiger partial charge in [0.25, 0.3) is 0 Å². The molecule has 2 amide bonds. The van der Waals surface area contributed by atoms with E-state index in [0.29, 0.717) is 36.8 Å². The van der Waals surface area contributed by atoms with Crippen LogP contribution in [0, 0.1) is 0 Å². The van der Waals surface area contributed by atoms with Crippen molar-refractivity contribution in [2.45, 2.75) is 13.5 Å². The quantitative estimate of drug-likeness (QED) is 0.523. The second kappa shape index (κ2) is 11.4. The number of hydrogen-bond acceptors (Lipinski definition) is 7. The maximum absolute atomic E-state index is 13.0. The van der Waals surface area contributed by atoms with Crippen LogP contribution in [0.25, 0.3) is 0 Å². The zero-order chi connectivity index (χ0) is 22.9. The van der Waals surface area contributed by atoms with Gasteiger partial charge in [0, 0.05) is 20.2 Å². The summed E-state index contributed by atoms with van der Waals surface area (Å²) in [6.07, 6.45) is 0.952. The molecule has 0 aliphatic rings. The van der Waals surface area contributed by atoms with Crippen LogP contribution in [0.1, 0.15) is 12.5 Å². The van der Waals surface area contributed by atoms with Gasteiger partial charge in [0.15, 0.2) is 11.5 Å². The van der Waals surface area contributed by atoms with Crippen LogP contribution in [-0.2, 0) is 21.4 Å². The van der Waals surface area contributed by atoms with Crippen molar-refractivity contribution in [1.82, 2.24) is 4.90 Å². The van der Waals surface area contributed by atoms with Crippen molar-refractivity contribution in [3.05, 3.63) is 48.0 Å². The molecule has 0 aliphatic heterocycles. The molecule has 0 aliphatic carbocycles. The van der Waals surface area contributed by atoms with Gasteiger partial charge in [-0.1, -0.05) is 18.2 Å². The molecule has 2 rings (SSSR count). The van der Waals surface area contributed by atoms with Gasteiger partial charge < -0.3 is 28.6 Å². The Morgan fingerprint density at radius 1 is 1.06 bits per heavy atom. The normalized spacial score (nSPS) is 11.0. The lowest BCUT2D eigenvalue weighted by Crippen LogP contribution is -2.37. The third-order valence-electron chi connectivity index (χ3n) is 4.12. The molecule has 0 unspecified atom stereocenters. The lowest BCUT2D eigenvalue weighted by atomic mass is 10.2. The topological polar surface area (TPSA) is 103 Å². The minimum Gasteiger partial charge on any atom is -0.493 e. The molecule has 0 aromatic heterocycles. The second-order valence-corrected chi connectivity index (χ2v) is 8.12. The van der Waals surface area contributed by atoms with Crippen LogP contribution in [0.3, 0.4) is 0 Å². The average Bonchev–Trinajstić information content (AvgIpc) is 2.71. The number of urea groups is 1. The predicted octanol–water partition coefficient (Wildman–Crippen LogP) is 3.11. The molecule has 1 N–H and O–H groups in total. The summed E-state index contributed by atoms with van der Waals surface area (Å²) in [5.74, 6) is 0.891. The zero-order valence-electron chi connectivity index (χ0n) is 18.1. The molecule has 0 saturated carbocycles. The van der Waals surface area contributed by atoms with E-state index in [0.717, 1.165) is 6.26 Å². The fraction of sp³-hybridized carbons (Fsp3) is 0.381. The first kappa shape index (κ1) is 24.3. The number of carbonyl (C=O) groups excluding carboxylic acids is 1. The lowest BCUT2D eigenvalue weighted by Gasteiger charge is -2.24. The number of amides is 2. The van der Waals surface area contributed by atoms with Crippen molar-refractivity contribution in [3.8, 4) is 17.2 Å². The molecule has 31 heavy (non-hydrogen) atoms. The van der Waals surface area contributed by atoms with Crippen LogP contribution in [0.15, 0.2) is 42.5 Å². The summed E-state index contributed by atoms with van der Waals surface area (Å²) in [5.41, 5.74) is 1.20. The predicted molar refractivity (Wildman–Crippen MR) is 117 cm³/mol. The maximum Gasteiger partial charge on any atom is 0.322 e. The first-order valence-electron chi connectivity index (χ1n) is 9.60. The molecule has 0 fully saturated rings. The molecule has 9 nitrogen and oxygen atoms in total. The number of hydrogen-bond donors (Lipinski definition) is 1. The van der Waals surface area contributed by atoms with Crippen molar-refractivity contribution in [3.63, 3.8) is 0 Å². The summed E-state index contributed by atoms with van der Waals surface area (Å²) < 4.78 is 44.0. The standard InChI is InChI=1S/C21H28N2O7S/c1-5-29-18-9-7-6-8-17(18)22-21(24)23(12-13-27-2)15-16-10-11-19(28-3)20(14-16)30-31(4,25)26/h6-11,14H,5,12-13,15H2,1-4H3,(H,22,24). The number of methoxy groups -OCH3 is 2. The lowest BCUT2D eigenvalue weighted by molar-refractivity contribution is 0.152. The number of benzene rings is 2. The highest BCUT2D eigenvalue weighted by Crippen LogP contribution is 2.30. The van der Waals surface area contributed by atoms with E-state index >= 15 is 0 Å². The number of nitrogens with zero attached hydrogens (tertiary/aromatic N) is 1. The Morgan fingerprint density at radius 2 is 1.81 bits per heavy atom. The highest BCUT2D eigenvalue weighted by molar-refractivity contribution is 7.86. The summed E-state index contributed by atoms with van der Waals surface area (Å²) >= 11 is 0. The number of carbonyl (C=O) groups is 1. The summed E-state index contributed by atoms with van der Waals surface area (Å²) in [7, 11) is -0.781. The van der Waals surface area contributed by atoms with E-state index in [1.54, 1.807) is 37.4 Å². The Balaban J connectivity index is 2.25. The summed E-state index contributed by atoms with van der Waals surface area (Å²) in [6.45, 7) is 3.16. The van der Waals surface area contributed by atoms with E-state index in [9.17, 15) is 13.2 Å². The Hall–Kier alpha value is -2.98. The highest BCUT2D eigenvalue weighted by Gasteiger charge is 2.18. The summed E-state index contributed by atoms with van der Waals surface area (Å²) in [5, 5.41) is 2.85. The van der Waals surface area contributed by atoms with Crippen LogP contribution >= 0.6 is 0 Å². The van der Waals surface area contributed by atoms with Crippen molar-refractivity contribution in [2.24, 2.45) is 0 Å². The van der Waals surface area contributed by atoms with Crippen molar-refractivity contribution in [1.29, 1.82) is 0 Å². The molecule has 2 aromatic rings. The van der Waals surface area contributed by atoms with Gasteiger partial charge in [-0.3, -0.25) is 0 Å². The van der Waals surface area contributed by atoms with Crippen LogP contribution in [0.4, 0.5) is 10.5 Å². The van der Waals surface area contributed by atoms with Gasteiger partial charge >= 0.3 is 16.1 Å². The van der Waals surface area contributed by atoms with Crippen LogP contribution in [-0.4, -0.2) is 59.6 Å². The number of rotatable bonds is 11. The van der Waals surface area contributed by atoms with Crippen LogP contribution in [0.5, 0.6) is 17.2 Å². The molecule has 0 saturated heterocycles. The smallest absolute Gasteiger partial charge is 0.322 e. The van der Waals surface area contributed by atoms with Gasteiger partial charge in [-0.15, -0.1) is 0 Å². The molecule has 0 spiro atoms. The molecular formula is C21H28N2O7S. The molecule has 0 heterocycles. The number of anilines is 1. The molecule has 2 aromatic carbocycles. The monoisotopic (exact) mass is 452 g/mol. The van der Waals surface area contributed by atoms with Gasteiger partial charge in [-0.25, -0.2) is 4.79 Å². The number of ether oxygens (including phenoxy) is 3. The van der Waals surface area contributed by atoms with Crippen LogP contribution in [0.2, 0.25) is 0 Å². The molecule has 0 radical (unpaired) electrons. The van der Waals surface area contributed by atoms with Gasteiger partial charge in [0.05, 0.1) is 32.3 Å². The average molecular weight is 453 g/mol. The first-order valence-corrected chi connectivity index (χ1v) is 11.4. The molecule has 0 atom stereocenters. The largest absolute Gasteiger partial charge is 0.493 e. The Morgan fingerprint density at radius 3 is 2.45 bits per heavy atom. The third kappa shape index (κ3) is 7.65. The fourth-order valence-electron chi connectivity index (χ4n) is 2.77. The Labute approximate surface area is 183 Å². The molecule has 10 heteroatoms. The van der Waals surface area contributed by atoms with Gasteiger partial charge in [-0.05, 0) is 36.8 Å². The summed E-state index contributed by atoms with van der Waals surface area (Å²) in [6, 6.07) is 11.6. The maximum atomic E-state index is 13.0. The minimum atomic E-state index is -3.74. The Bertz CT molecular complexity index is 979. The highest BCUT2D eigenvalue weighted by atomic mass is 32.2. The zero-order valence-corrected chi connectivity index (χ0v) is 18.9. The molecule has 170 valence electrons. The van der Waals surface area contributed by atoms with E-state index in [-0.39, 0.29) is 24.1 Å². The van der Waals surface area contributed by atoms with E-state index in [4.69, 9.17) is 18.4 Å². The van der Waals surface area contributed by atoms with Crippen molar-refractivity contribution in [2.75, 3.05) is 45.6 Å². The SMILES string of the molecule is CCOc1ccccc1NC(=O)N(CCOC)Cc1ccc(OC)c(OS(C)(=O)=O)c1.